The summed E-state index contributed by atoms with van der Waals surface area (Å²) in [6.45, 7) is 4.42. The van der Waals surface area contributed by atoms with Crippen LogP contribution in [-0.2, 0) is 0 Å². The van der Waals surface area contributed by atoms with Crippen molar-refractivity contribution in [2.75, 3.05) is 0 Å². The zero-order valence-corrected chi connectivity index (χ0v) is 19.5. The van der Waals surface area contributed by atoms with Crippen molar-refractivity contribution in [3.05, 3.63) is 109 Å². The maximum atomic E-state index is 2.45. The van der Waals surface area contributed by atoms with E-state index in [1.807, 2.05) is 0 Å². The van der Waals surface area contributed by atoms with Crippen LogP contribution in [0, 0.1) is 12.8 Å². The predicted molar refractivity (Wildman–Crippen MR) is 146 cm³/mol. The van der Waals surface area contributed by atoms with Crippen LogP contribution in [0.4, 0.5) is 0 Å². The second kappa shape index (κ2) is 7.23. The molecule has 2 heteroatoms. The molecule has 1 unspecified atom stereocenters. The minimum atomic E-state index is 0.594. The number of benzene rings is 4. The number of nitrogens with zero attached hydrogens (tertiary/aromatic N) is 2. The molecule has 0 aliphatic heterocycles. The number of aryl methyl sites for hydroxylation is 1. The van der Waals surface area contributed by atoms with E-state index in [0.29, 0.717) is 5.92 Å². The topological polar surface area (TPSA) is 9.86 Å². The molecule has 2 heterocycles. The molecule has 0 N–H and O–H groups in total. The van der Waals surface area contributed by atoms with Crippen molar-refractivity contribution in [2.45, 2.75) is 20.3 Å². The monoisotopic (exact) mass is 438 g/mol. The Hall–Kier alpha value is -4.04. The molecule has 0 bridgehead atoms. The fraction of sp³-hybridized carbons (Fsp3) is 0.125. The highest BCUT2D eigenvalue weighted by atomic mass is 15.0. The third-order valence-electron chi connectivity index (χ3n) is 7.32. The first-order chi connectivity index (χ1) is 16.7. The molecular formula is C32H26N2. The van der Waals surface area contributed by atoms with Gasteiger partial charge < -0.3 is 9.13 Å². The number of fused-ring (bicyclic) bond motifs is 7. The lowest BCUT2D eigenvalue weighted by Crippen LogP contribution is -2.00. The molecule has 6 aromatic rings. The van der Waals surface area contributed by atoms with E-state index in [-0.39, 0.29) is 0 Å². The molecule has 0 saturated heterocycles. The van der Waals surface area contributed by atoms with Crippen LogP contribution < -0.4 is 0 Å². The molecule has 0 saturated carbocycles. The summed E-state index contributed by atoms with van der Waals surface area (Å²) < 4.78 is 4.86. The lowest BCUT2D eigenvalue weighted by atomic mass is 10.0. The SMILES string of the molecule is Cc1ccc(-n2c3ccccc3c3c4c5ccccc5n(C5=CCC(C)C=C5)c4ccc32)cc1. The van der Waals surface area contributed by atoms with Crippen LogP contribution in [0.1, 0.15) is 18.9 Å². The molecule has 2 aromatic heterocycles. The fourth-order valence-electron chi connectivity index (χ4n) is 5.65. The summed E-state index contributed by atoms with van der Waals surface area (Å²) >= 11 is 0. The number of rotatable bonds is 2. The molecule has 1 aliphatic carbocycles. The van der Waals surface area contributed by atoms with Gasteiger partial charge in [-0.15, -0.1) is 0 Å². The van der Waals surface area contributed by atoms with Crippen molar-refractivity contribution in [2.24, 2.45) is 5.92 Å². The smallest absolute Gasteiger partial charge is 0.0548 e. The second-order valence-corrected chi connectivity index (χ2v) is 9.60. The molecule has 0 spiro atoms. The summed E-state index contributed by atoms with van der Waals surface area (Å²) in [5.74, 6) is 0.594. The molecule has 0 fully saturated rings. The molecule has 4 aromatic carbocycles. The van der Waals surface area contributed by atoms with Crippen LogP contribution >= 0.6 is 0 Å². The van der Waals surface area contributed by atoms with Gasteiger partial charge in [0, 0.05) is 32.9 Å². The van der Waals surface area contributed by atoms with Gasteiger partial charge in [0.2, 0.25) is 0 Å². The highest BCUT2D eigenvalue weighted by molar-refractivity contribution is 6.29. The first kappa shape index (κ1) is 19.4. The Morgan fingerprint density at radius 1 is 0.647 bits per heavy atom. The predicted octanol–water partition coefficient (Wildman–Crippen LogP) is 8.64. The number of aromatic nitrogens is 2. The molecule has 1 aliphatic rings. The zero-order chi connectivity index (χ0) is 22.8. The molecule has 7 rings (SSSR count). The van der Waals surface area contributed by atoms with Crippen LogP contribution in [0.3, 0.4) is 0 Å². The van der Waals surface area contributed by atoms with Gasteiger partial charge in [-0.05, 0) is 61.7 Å². The molecular weight excluding hydrogens is 412 g/mol. The Labute approximate surface area is 199 Å². The third kappa shape index (κ3) is 2.69. The maximum Gasteiger partial charge on any atom is 0.0548 e. The van der Waals surface area contributed by atoms with Crippen molar-refractivity contribution >= 4 is 49.3 Å². The first-order valence-corrected chi connectivity index (χ1v) is 12.1. The van der Waals surface area contributed by atoms with Gasteiger partial charge in [-0.3, -0.25) is 0 Å². The Balaban J connectivity index is 1.66. The van der Waals surface area contributed by atoms with Gasteiger partial charge >= 0.3 is 0 Å². The molecule has 164 valence electrons. The number of hydrogen-bond acceptors (Lipinski definition) is 0. The minimum absolute atomic E-state index is 0.594. The highest BCUT2D eigenvalue weighted by Gasteiger charge is 2.20. The van der Waals surface area contributed by atoms with Crippen LogP contribution in [0.2, 0.25) is 0 Å². The van der Waals surface area contributed by atoms with Gasteiger partial charge in [0.15, 0.2) is 0 Å². The van der Waals surface area contributed by atoms with E-state index in [0.717, 1.165) is 6.42 Å². The van der Waals surface area contributed by atoms with E-state index < -0.39 is 0 Å². The first-order valence-electron chi connectivity index (χ1n) is 12.1. The van der Waals surface area contributed by atoms with Gasteiger partial charge in [0.05, 0.1) is 22.1 Å². The number of hydrogen-bond donors (Lipinski definition) is 0. The lowest BCUT2D eigenvalue weighted by Gasteiger charge is -2.15. The van der Waals surface area contributed by atoms with Gasteiger partial charge in [0.1, 0.15) is 0 Å². The van der Waals surface area contributed by atoms with E-state index in [4.69, 9.17) is 0 Å². The van der Waals surface area contributed by atoms with Crippen molar-refractivity contribution in [1.29, 1.82) is 0 Å². The fourth-order valence-corrected chi connectivity index (χ4v) is 5.65. The van der Waals surface area contributed by atoms with E-state index >= 15 is 0 Å². The van der Waals surface area contributed by atoms with E-state index in [1.165, 1.54) is 60.6 Å². The normalized spacial score (nSPS) is 16.2. The van der Waals surface area contributed by atoms with E-state index in [9.17, 15) is 0 Å². The number of allylic oxidation sites excluding steroid dienone is 4. The Morgan fingerprint density at radius 2 is 1.24 bits per heavy atom. The van der Waals surface area contributed by atoms with Crippen LogP contribution in [-0.4, -0.2) is 9.13 Å². The minimum Gasteiger partial charge on any atom is -0.310 e. The summed E-state index contributed by atoms with van der Waals surface area (Å²) in [5.41, 5.74) is 8.78. The third-order valence-corrected chi connectivity index (χ3v) is 7.32. The quantitative estimate of drug-likeness (QED) is 0.256. The average Bonchev–Trinajstić information content (AvgIpc) is 3.38. The van der Waals surface area contributed by atoms with Crippen molar-refractivity contribution < 1.29 is 0 Å². The van der Waals surface area contributed by atoms with Crippen LogP contribution in [0.25, 0.3) is 55.0 Å². The van der Waals surface area contributed by atoms with Crippen LogP contribution in [0.15, 0.2) is 103 Å². The summed E-state index contributed by atoms with van der Waals surface area (Å²) in [5, 5.41) is 5.27. The Bertz CT molecular complexity index is 1790. The Kier molecular flexibility index (Phi) is 4.13. The summed E-state index contributed by atoms with van der Waals surface area (Å²) in [7, 11) is 0. The largest absolute Gasteiger partial charge is 0.310 e. The second-order valence-electron chi connectivity index (χ2n) is 9.60. The summed E-state index contributed by atoms with van der Waals surface area (Å²) in [6, 6.07) is 31.2. The van der Waals surface area contributed by atoms with E-state index in [1.54, 1.807) is 0 Å². The van der Waals surface area contributed by atoms with Gasteiger partial charge in [-0.1, -0.05) is 73.2 Å². The average molecular weight is 439 g/mol. The van der Waals surface area contributed by atoms with Gasteiger partial charge in [-0.2, -0.15) is 0 Å². The Morgan fingerprint density at radius 3 is 1.85 bits per heavy atom. The highest BCUT2D eigenvalue weighted by Crippen LogP contribution is 2.42. The van der Waals surface area contributed by atoms with E-state index in [2.05, 4.69) is 126 Å². The van der Waals surface area contributed by atoms with Gasteiger partial charge in [0.25, 0.3) is 0 Å². The lowest BCUT2D eigenvalue weighted by molar-refractivity contribution is 0.735. The summed E-state index contributed by atoms with van der Waals surface area (Å²) in [6.07, 6.45) is 8.09. The molecule has 34 heavy (non-hydrogen) atoms. The molecule has 2 nitrogen and oxygen atoms in total. The van der Waals surface area contributed by atoms with Gasteiger partial charge in [-0.25, -0.2) is 0 Å². The molecule has 1 atom stereocenters. The summed E-state index contributed by atoms with van der Waals surface area (Å²) in [4.78, 5) is 0. The maximum absolute atomic E-state index is 2.45. The molecule has 0 amide bonds. The number of para-hydroxylation sites is 2. The standard InChI is InChI=1S/C32H26N2/c1-21-11-15-23(16-12-21)33-27-9-5-3-7-25(27)31-29(33)19-20-30-32(31)26-8-4-6-10-28(26)34(30)24-17-13-22(2)14-18-24/h3-13,15-20,22H,14H2,1-2H3. The van der Waals surface area contributed by atoms with Crippen molar-refractivity contribution in [1.82, 2.24) is 9.13 Å². The van der Waals surface area contributed by atoms with Crippen molar-refractivity contribution in [3.63, 3.8) is 0 Å². The van der Waals surface area contributed by atoms with Crippen LogP contribution in [0.5, 0.6) is 0 Å². The van der Waals surface area contributed by atoms with Crippen molar-refractivity contribution in [3.8, 4) is 5.69 Å². The zero-order valence-electron chi connectivity index (χ0n) is 19.5. The molecule has 0 radical (unpaired) electrons.